The molecule has 0 fully saturated rings. The Balaban J connectivity index is 2.69. The van der Waals surface area contributed by atoms with Crippen LogP contribution in [0.15, 0.2) is 18.2 Å². The molecule has 0 radical (unpaired) electrons. The molecule has 90 valence electrons. The number of nitrogens with zero attached hydrogens (tertiary/aromatic N) is 1. The molecule has 0 aromatic heterocycles. The zero-order valence-corrected chi connectivity index (χ0v) is 9.55. The number of rotatable bonds is 3. The van der Waals surface area contributed by atoms with Gasteiger partial charge in [-0.05, 0) is 19.9 Å². The van der Waals surface area contributed by atoms with Gasteiger partial charge in [0.05, 0.1) is 6.07 Å². The van der Waals surface area contributed by atoms with E-state index in [1.807, 2.05) is 6.07 Å². The van der Waals surface area contributed by atoms with Gasteiger partial charge in [-0.2, -0.15) is 5.26 Å². The maximum Gasteiger partial charge on any atom is 0.240 e. The third kappa shape index (κ3) is 3.25. The van der Waals surface area contributed by atoms with Gasteiger partial charge in [-0.3, -0.25) is 4.79 Å². The molecule has 0 unspecified atom stereocenters. The van der Waals surface area contributed by atoms with Crippen LogP contribution in [0.1, 0.15) is 19.4 Å². The van der Waals surface area contributed by atoms with E-state index in [1.165, 1.54) is 19.9 Å². The summed E-state index contributed by atoms with van der Waals surface area (Å²) in [6.07, 6.45) is 0. The summed E-state index contributed by atoms with van der Waals surface area (Å²) in [7, 11) is 0. The molecule has 0 atom stereocenters. The lowest BCUT2D eigenvalue weighted by Gasteiger charge is -2.15. The normalized spacial score (nSPS) is 10.8. The Labute approximate surface area is 98.1 Å². The molecule has 3 nitrogen and oxygen atoms in total. The number of nitriles is 1. The first kappa shape index (κ1) is 13.1. The molecular formula is C12H12F2N2O. The first-order chi connectivity index (χ1) is 7.86. The number of carbonyl (C=O) groups is 1. The first-order valence-corrected chi connectivity index (χ1v) is 5.00. The number of hydrogen-bond donors (Lipinski definition) is 1. The van der Waals surface area contributed by atoms with E-state index in [1.54, 1.807) is 0 Å². The zero-order valence-electron chi connectivity index (χ0n) is 9.55. The Hall–Kier alpha value is -1.96. The predicted octanol–water partition coefficient (Wildman–Crippen LogP) is 2.13. The van der Waals surface area contributed by atoms with Crippen LogP contribution in [-0.4, -0.2) is 5.91 Å². The molecule has 0 aliphatic rings. The molecule has 5 heteroatoms. The van der Waals surface area contributed by atoms with Gasteiger partial charge >= 0.3 is 0 Å². The molecule has 0 heterocycles. The maximum atomic E-state index is 13.2. The van der Waals surface area contributed by atoms with Crippen molar-refractivity contribution >= 4 is 5.91 Å². The van der Waals surface area contributed by atoms with Crippen LogP contribution in [0, 0.1) is 28.4 Å². The lowest BCUT2D eigenvalue weighted by atomic mass is 9.95. The predicted molar refractivity (Wildman–Crippen MR) is 57.6 cm³/mol. The van der Waals surface area contributed by atoms with E-state index in [4.69, 9.17) is 5.26 Å². The monoisotopic (exact) mass is 238 g/mol. The zero-order chi connectivity index (χ0) is 13.1. The van der Waals surface area contributed by atoms with E-state index >= 15 is 0 Å². The van der Waals surface area contributed by atoms with E-state index < -0.39 is 23.0 Å². The van der Waals surface area contributed by atoms with Crippen molar-refractivity contribution in [2.24, 2.45) is 5.41 Å². The SMILES string of the molecule is CC(C)(C#N)C(=O)NCc1ccc(F)cc1F. The van der Waals surface area contributed by atoms with Crippen LogP contribution in [0.2, 0.25) is 0 Å². The van der Waals surface area contributed by atoms with Gasteiger partial charge in [0.15, 0.2) is 0 Å². The summed E-state index contributed by atoms with van der Waals surface area (Å²) in [6, 6.07) is 4.95. The highest BCUT2D eigenvalue weighted by Crippen LogP contribution is 2.14. The summed E-state index contributed by atoms with van der Waals surface area (Å²) < 4.78 is 25.8. The molecule has 1 aromatic rings. The molecular weight excluding hydrogens is 226 g/mol. The van der Waals surface area contributed by atoms with Crippen LogP contribution in [-0.2, 0) is 11.3 Å². The van der Waals surface area contributed by atoms with Crippen LogP contribution in [0.5, 0.6) is 0 Å². The minimum absolute atomic E-state index is 0.0734. The number of amides is 1. The highest BCUT2D eigenvalue weighted by Gasteiger charge is 2.26. The molecule has 0 saturated heterocycles. The van der Waals surface area contributed by atoms with E-state index in [0.717, 1.165) is 12.1 Å². The van der Waals surface area contributed by atoms with E-state index in [2.05, 4.69) is 5.32 Å². The highest BCUT2D eigenvalue weighted by molar-refractivity contribution is 5.84. The summed E-state index contributed by atoms with van der Waals surface area (Å²) in [6.45, 7) is 2.85. The Kier molecular flexibility index (Phi) is 3.79. The van der Waals surface area contributed by atoms with Gasteiger partial charge < -0.3 is 5.32 Å². The third-order valence-electron chi connectivity index (χ3n) is 2.30. The van der Waals surface area contributed by atoms with Crippen LogP contribution < -0.4 is 5.32 Å². The minimum atomic E-state index is -1.17. The average Bonchev–Trinajstić information content (AvgIpc) is 2.27. The molecule has 1 aromatic carbocycles. The largest absolute Gasteiger partial charge is 0.351 e. The molecule has 0 aliphatic carbocycles. The van der Waals surface area contributed by atoms with Gasteiger partial charge in [0.1, 0.15) is 17.0 Å². The third-order valence-corrected chi connectivity index (χ3v) is 2.30. The van der Waals surface area contributed by atoms with Crippen molar-refractivity contribution in [1.29, 1.82) is 5.26 Å². The summed E-state index contributed by atoms with van der Waals surface area (Å²) >= 11 is 0. The fourth-order valence-corrected chi connectivity index (χ4v) is 1.11. The second kappa shape index (κ2) is 4.91. The van der Waals surface area contributed by atoms with Crippen molar-refractivity contribution in [1.82, 2.24) is 5.32 Å². The second-order valence-corrected chi connectivity index (χ2v) is 4.16. The molecule has 17 heavy (non-hydrogen) atoms. The first-order valence-electron chi connectivity index (χ1n) is 5.00. The molecule has 1 amide bonds. The summed E-state index contributed by atoms with van der Waals surface area (Å²) in [5.41, 5.74) is -0.996. The van der Waals surface area contributed by atoms with Crippen LogP contribution in [0.3, 0.4) is 0 Å². The van der Waals surface area contributed by atoms with E-state index in [9.17, 15) is 13.6 Å². The number of hydrogen-bond acceptors (Lipinski definition) is 2. The standard InChI is InChI=1S/C12H12F2N2O/c1-12(2,7-15)11(17)16-6-8-3-4-9(13)5-10(8)14/h3-5H,6H2,1-2H3,(H,16,17). The van der Waals surface area contributed by atoms with Crippen LogP contribution >= 0.6 is 0 Å². The summed E-state index contributed by atoms with van der Waals surface area (Å²) in [5.74, 6) is -1.89. The Morgan fingerprint density at radius 2 is 2.12 bits per heavy atom. The van der Waals surface area contributed by atoms with Crippen molar-refractivity contribution < 1.29 is 13.6 Å². The molecule has 0 spiro atoms. The number of benzene rings is 1. The van der Waals surface area contributed by atoms with E-state index in [-0.39, 0.29) is 12.1 Å². The van der Waals surface area contributed by atoms with Crippen molar-refractivity contribution in [3.8, 4) is 6.07 Å². The van der Waals surface area contributed by atoms with Gasteiger partial charge in [-0.25, -0.2) is 8.78 Å². The summed E-state index contributed by atoms with van der Waals surface area (Å²) in [5, 5.41) is 11.1. The van der Waals surface area contributed by atoms with Gasteiger partial charge in [0, 0.05) is 18.2 Å². The molecule has 0 aliphatic heterocycles. The fraction of sp³-hybridized carbons (Fsp3) is 0.333. The lowest BCUT2D eigenvalue weighted by molar-refractivity contribution is -0.126. The van der Waals surface area contributed by atoms with Crippen LogP contribution in [0.4, 0.5) is 8.78 Å². The van der Waals surface area contributed by atoms with Gasteiger partial charge in [-0.1, -0.05) is 6.07 Å². The lowest BCUT2D eigenvalue weighted by Crippen LogP contribution is -2.35. The molecule has 0 bridgehead atoms. The Morgan fingerprint density at radius 1 is 1.47 bits per heavy atom. The number of carbonyl (C=O) groups excluding carboxylic acids is 1. The molecule has 1 N–H and O–H groups in total. The summed E-state index contributed by atoms with van der Waals surface area (Å²) in [4.78, 5) is 11.5. The van der Waals surface area contributed by atoms with Crippen molar-refractivity contribution in [3.05, 3.63) is 35.4 Å². The van der Waals surface area contributed by atoms with Gasteiger partial charge in [-0.15, -0.1) is 0 Å². The number of halogens is 2. The molecule has 1 rings (SSSR count). The van der Waals surface area contributed by atoms with Crippen LogP contribution in [0.25, 0.3) is 0 Å². The van der Waals surface area contributed by atoms with Gasteiger partial charge in [0.2, 0.25) is 5.91 Å². The topological polar surface area (TPSA) is 52.9 Å². The Morgan fingerprint density at radius 3 is 2.65 bits per heavy atom. The van der Waals surface area contributed by atoms with Gasteiger partial charge in [0.25, 0.3) is 0 Å². The van der Waals surface area contributed by atoms with E-state index in [0.29, 0.717) is 0 Å². The number of nitrogens with one attached hydrogen (secondary N) is 1. The Bertz CT molecular complexity index is 478. The van der Waals surface area contributed by atoms with Crippen molar-refractivity contribution in [3.63, 3.8) is 0 Å². The minimum Gasteiger partial charge on any atom is -0.351 e. The van der Waals surface area contributed by atoms with Crippen molar-refractivity contribution in [2.45, 2.75) is 20.4 Å². The smallest absolute Gasteiger partial charge is 0.240 e. The van der Waals surface area contributed by atoms with Crippen molar-refractivity contribution in [2.75, 3.05) is 0 Å². The quantitative estimate of drug-likeness (QED) is 0.877. The second-order valence-electron chi connectivity index (χ2n) is 4.16. The maximum absolute atomic E-state index is 13.2. The fourth-order valence-electron chi connectivity index (χ4n) is 1.11. The average molecular weight is 238 g/mol. The molecule has 0 saturated carbocycles. The highest BCUT2D eigenvalue weighted by atomic mass is 19.1.